The van der Waals surface area contributed by atoms with E-state index in [2.05, 4.69) is 10.3 Å². The molecule has 0 amide bonds. The standard InChI is InChI=1S/C14H27F3N4O2/c1-12(14(15,16)17)20-5-7-21(8-6-20)13(18-2)19-4-9-23-11-10-22-3/h12H,4-11H2,1-3H3,(H,18,19). The average molecular weight is 340 g/mol. The van der Waals surface area contributed by atoms with E-state index in [1.54, 1.807) is 14.2 Å². The Morgan fingerprint density at radius 1 is 1.17 bits per heavy atom. The molecule has 1 heterocycles. The van der Waals surface area contributed by atoms with E-state index in [1.165, 1.54) is 11.8 Å². The largest absolute Gasteiger partial charge is 0.403 e. The summed E-state index contributed by atoms with van der Waals surface area (Å²) in [4.78, 5) is 7.60. The molecule has 1 rings (SSSR count). The zero-order chi connectivity index (χ0) is 17.3. The molecule has 1 N–H and O–H groups in total. The normalized spacial score (nSPS) is 19.0. The molecule has 0 aromatic rings. The second-order valence-electron chi connectivity index (χ2n) is 5.32. The molecule has 0 aromatic carbocycles. The molecule has 1 fully saturated rings. The summed E-state index contributed by atoms with van der Waals surface area (Å²) in [5, 5.41) is 3.16. The molecule has 23 heavy (non-hydrogen) atoms. The Bertz CT molecular complexity index is 358. The molecule has 0 saturated carbocycles. The van der Waals surface area contributed by atoms with Crippen LogP contribution in [0.1, 0.15) is 6.92 Å². The molecule has 1 saturated heterocycles. The quantitative estimate of drug-likeness (QED) is 0.422. The number of hydrogen-bond acceptors (Lipinski definition) is 4. The number of methoxy groups -OCH3 is 1. The number of hydrogen-bond donors (Lipinski definition) is 1. The Hall–Kier alpha value is -1.06. The zero-order valence-electron chi connectivity index (χ0n) is 14.0. The molecule has 6 nitrogen and oxygen atoms in total. The monoisotopic (exact) mass is 340 g/mol. The fraction of sp³-hybridized carbons (Fsp3) is 0.929. The van der Waals surface area contributed by atoms with Crippen molar-refractivity contribution in [2.24, 2.45) is 4.99 Å². The average Bonchev–Trinajstić information content (AvgIpc) is 2.53. The van der Waals surface area contributed by atoms with Gasteiger partial charge in [0.2, 0.25) is 0 Å². The molecular weight excluding hydrogens is 313 g/mol. The summed E-state index contributed by atoms with van der Waals surface area (Å²) in [6, 6.07) is -1.41. The minimum atomic E-state index is -4.18. The van der Waals surface area contributed by atoms with Crippen molar-refractivity contribution in [1.82, 2.24) is 15.1 Å². The summed E-state index contributed by atoms with van der Waals surface area (Å²) < 4.78 is 48.4. The lowest BCUT2D eigenvalue weighted by atomic mass is 10.2. The molecule has 0 bridgehead atoms. The van der Waals surface area contributed by atoms with Gasteiger partial charge in [0, 0.05) is 46.9 Å². The van der Waals surface area contributed by atoms with Crippen molar-refractivity contribution < 1.29 is 22.6 Å². The van der Waals surface area contributed by atoms with Gasteiger partial charge in [-0.25, -0.2) is 0 Å². The summed E-state index contributed by atoms with van der Waals surface area (Å²) in [5.41, 5.74) is 0. The Labute approximate surface area is 135 Å². The molecule has 136 valence electrons. The molecule has 1 aliphatic heterocycles. The van der Waals surface area contributed by atoms with Crippen molar-refractivity contribution in [3.8, 4) is 0 Å². The van der Waals surface area contributed by atoms with E-state index in [9.17, 15) is 13.2 Å². The second-order valence-corrected chi connectivity index (χ2v) is 5.32. The third-order valence-electron chi connectivity index (χ3n) is 3.81. The number of rotatable bonds is 7. The summed E-state index contributed by atoms with van der Waals surface area (Å²) in [6.07, 6.45) is -4.18. The number of nitrogens with one attached hydrogen (secondary N) is 1. The Balaban J connectivity index is 2.31. The van der Waals surface area contributed by atoms with Crippen molar-refractivity contribution >= 4 is 5.96 Å². The van der Waals surface area contributed by atoms with Crippen LogP contribution in [0.5, 0.6) is 0 Å². The van der Waals surface area contributed by atoms with Crippen molar-refractivity contribution in [2.75, 3.05) is 66.7 Å². The maximum atomic E-state index is 12.7. The number of ether oxygens (including phenoxy) is 2. The van der Waals surface area contributed by atoms with Crippen LogP contribution in [-0.2, 0) is 9.47 Å². The minimum Gasteiger partial charge on any atom is -0.382 e. The number of guanidine groups is 1. The molecule has 0 aliphatic carbocycles. The Kier molecular flexibility index (Phi) is 8.64. The molecule has 0 spiro atoms. The van der Waals surface area contributed by atoms with Gasteiger partial charge in [-0.1, -0.05) is 0 Å². The van der Waals surface area contributed by atoms with Gasteiger partial charge in [0.05, 0.1) is 19.8 Å². The third-order valence-corrected chi connectivity index (χ3v) is 3.81. The first-order chi connectivity index (χ1) is 10.9. The molecule has 0 radical (unpaired) electrons. The van der Waals surface area contributed by atoms with E-state index in [0.29, 0.717) is 58.5 Å². The first-order valence-electron chi connectivity index (χ1n) is 7.73. The van der Waals surface area contributed by atoms with Crippen LogP contribution in [0.3, 0.4) is 0 Å². The van der Waals surface area contributed by atoms with Gasteiger partial charge >= 0.3 is 6.18 Å². The van der Waals surface area contributed by atoms with E-state index in [0.717, 1.165) is 0 Å². The number of aliphatic imine (C=N–C) groups is 1. The molecule has 1 atom stereocenters. The predicted molar refractivity (Wildman–Crippen MR) is 82.7 cm³/mol. The fourth-order valence-corrected chi connectivity index (χ4v) is 2.34. The number of piperazine rings is 1. The highest BCUT2D eigenvalue weighted by Gasteiger charge is 2.40. The molecule has 1 aliphatic rings. The lowest BCUT2D eigenvalue weighted by molar-refractivity contribution is -0.181. The van der Waals surface area contributed by atoms with Gasteiger partial charge in [0.1, 0.15) is 6.04 Å². The van der Waals surface area contributed by atoms with Gasteiger partial charge in [0.25, 0.3) is 0 Å². The molecule has 1 unspecified atom stereocenters. The minimum absolute atomic E-state index is 0.367. The van der Waals surface area contributed by atoms with Gasteiger partial charge in [-0.3, -0.25) is 9.89 Å². The summed E-state index contributed by atoms with van der Waals surface area (Å²) in [7, 11) is 3.28. The Morgan fingerprint density at radius 3 is 2.35 bits per heavy atom. The van der Waals surface area contributed by atoms with Crippen molar-refractivity contribution in [3.63, 3.8) is 0 Å². The SMILES string of the molecule is CN=C(NCCOCCOC)N1CCN(C(C)C(F)(F)F)CC1. The van der Waals surface area contributed by atoms with Gasteiger partial charge < -0.3 is 19.7 Å². The van der Waals surface area contributed by atoms with Crippen LogP contribution >= 0.6 is 0 Å². The highest BCUT2D eigenvalue weighted by Crippen LogP contribution is 2.25. The lowest BCUT2D eigenvalue weighted by Crippen LogP contribution is -2.57. The van der Waals surface area contributed by atoms with Gasteiger partial charge in [-0.2, -0.15) is 13.2 Å². The van der Waals surface area contributed by atoms with Crippen LogP contribution in [0.15, 0.2) is 4.99 Å². The maximum absolute atomic E-state index is 12.7. The summed E-state index contributed by atoms with van der Waals surface area (Å²) in [5.74, 6) is 0.694. The lowest BCUT2D eigenvalue weighted by Gasteiger charge is -2.39. The molecule has 0 aromatic heterocycles. The van der Waals surface area contributed by atoms with Gasteiger partial charge in [0.15, 0.2) is 5.96 Å². The van der Waals surface area contributed by atoms with E-state index in [4.69, 9.17) is 9.47 Å². The Morgan fingerprint density at radius 2 is 1.83 bits per heavy atom. The third kappa shape index (κ3) is 6.92. The topological polar surface area (TPSA) is 49.3 Å². The number of nitrogens with zero attached hydrogens (tertiary/aromatic N) is 3. The van der Waals surface area contributed by atoms with E-state index < -0.39 is 12.2 Å². The first kappa shape index (κ1) is 20.0. The zero-order valence-corrected chi connectivity index (χ0v) is 14.0. The van der Waals surface area contributed by atoms with Crippen molar-refractivity contribution in [1.29, 1.82) is 0 Å². The van der Waals surface area contributed by atoms with Crippen LogP contribution in [0.2, 0.25) is 0 Å². The predicted octanol–water partition coefficient (Wildman–Crippen LogP) is 0.793. The van der Waals surface area contributed by atoms with Crippen LogP contribution in [0.4, 0.5) is 13.2 Å². The molecule has 9 heteroatoms. The first-order valence-corrected chi connectivity index (χ1v) is 7.73. The summed E-state index contributed by atoms with van der Waals surface area (Å²) >= 11 is 0. The number of alkyl halides is 3. The maximum Gasteiger partial charge on any atom is 0.403 e. The highest BCUT2D eigenvalue weighted by atomic mass is 19.4. The van der Waals surface area contributed by atoms with Crippen molar-refractivity contribution in [3.05, 3.63) is 0 Å². The summed E-state index contributed by atoms with van der Waals surface area (Å²) in [6.45, 7) is 5.18. The van der Waals surface area contributed by atoms with Gasteiger partial charge in [-0.15, -0.1) is 0 Å². The van der Waals surface area contributed by atoms with E-state index in [1.807, 2.05) is 4.90 Å². The number of halogens is 3. The van der Waals surface area contributed by atoms with Crippen molar-refractivity contribution in [2.45, 2.75) is 19.1 Å². The van der Waals surface area contributed by atoms with Gasteiger partial charge in [-0.05, 0) is 6.92 Å². The highest BCUT2D eigenvalue weighted by molar-refractivity contribution is 5.79. The fourth-order valence-electron chi connectivity index (χ4n) is 2.34. The molecular formula is C14H27F3N4O2. The van der Waals surface area contributed by atoms with Crippen LogP contribution in [-0.4, -0.2) is 94.7 Å². The van der Waals surface area contributed by atoms with Crippen LogP contribution in [0, 0.1) is 0 Å². The van der Waals surface area contributed by atoms with Crippen LogP contribution < -0.4 is 5.32 Å². The van der Waals surface area contributed by atoms with Crippen LogP contribution in [0.25, 0.3) is 0 Å². The van der Waals surface area contributed by atoms with E-state index in [-0.39, 0.29) is 0 Å². The van der Waals surface area contributed by atoms with E-state index >= 15 is 0 Å². The smallest absolute Gasteiger partial charge is 0.382 e. The second kappa shape index (κ2) is 9.94.